The van der Waals surface area contributed by atoms with Crippen molar-refractivity contribution < 1.29 is 13.9 Å². The Kier molecular flexibility index (Phi) is 5.95. The molecule has 0 bridgehead atoms. The van der Waals surface area contributed by atoms with E-state index in [2.05, 4.69) is 15.5 Å². The van der Waals surface area contributed by atoms with Crippen LogP contribution in [0.4, 0.5) is 0 Å². The van der Waals surface area contributed by atoms with Crippen LogP contribution in [0.25, 0.3) is 0 Å². The van der Waals surface area contributed by atoms with Crippen LogP contribution in [-0.2, 0) is 21.5 Å². The number of ether oxygens (including phenoxy) is 1. The van der Waals surface area contributed by atoms with E-state index in [-0.39, 0.29) is 11.4 Å². The SMILES string of the molecule is CCOC(=O)CCCNCc1nnc(C(C)(C)C)o1. The smallest absolute Gasteiger partial charge is 0.305 e. The van der Waals surface area contributed by atoms with Crippen LogP contribution in [0, 0.1) is 0 Å². The molecule has 19 heavy (non-hydrogen) atoms. The number of rotatable bonds is 7. The van der Waals surface area contributed by atoms with E-state index >= 15 is 0 Å². The number of nitrogens with zero attached hydrogens (tertiary/aromatic N) is 2. The van der Waals surface area contributed by atoms with Crippen molar-refractivity contribution in [2.45, 2.75) is 52.5 Å². The molecule has 1 N–H and O–H groups in total. The second-order valence-corrected chi connectivity index (χ2v) is 5.34. The molecule has 1 aromatic rings. The van der Waals surface area contributed by atoms with Crippen LogP contribution in [0.2, 0.25) is 0 Å². The quantitative estimate of drug-likeness (QED) is 0.601. The molecule has 0 aliphatic heterocycles. The number of esters is 1. The van der Waals surface area contributed by atoms with Gasteiger partial charge in [-0.25, -0.2) is 0 Å². The Morgan fingerprint density at radius 1 is 1.37 bits per heavy atom. The Labute approximate surface area is 113 Å². The fourth-order valence-corrected chi connectivity index (χ4v) is 1.41. The van der Waals surface area contributed by atoms with E-state index in [0.29, 0.717) is 37.9 Å². The lowest BCUT2D eigenvalue weighted by Crippen LogP contribution is -2.16. The summed E-state index contributed by atoms with van der Waals surface area (Å²) in [5.41, 5.74) is -0.130. The molecule has 0 aliphatic carbocycles. The minimum atomic E-state index is -0.155. The normalized spacial score (nSPS) is 11.6. The molecule has 0 aromatic carbocycles. The Morgan fingerprint density at radius 3 is 2.68 bits per heavy atom. The summed E-state index contributed by atoms with van der Waals surface area (Å²) >= 11 is 0. The lowest BCUT2D eigenvalue weighted by Gasteiger charge is -2.11. The zero-order valence-electron chi connectivity index (χ0n) is 12.2. The molecule has 1 aromatic heterocycles. The van der Waals surface area contributed by atoms with Gasteiger partial charge in [0, 0.05) is 11.8 Å². The number of nitrogens with one attached hydrogen (secondary N) is 1. The van der Waals surface area contributed by atoms with E-state index in [0.717, 1.165) is 6.42 Å². The average Bonchev–Trinajstić information content (AvgIpc) is 2.77. The molecule has 0 amide bonds. The molecule has 108 valence electrons. The molecule has 0 saturated heterocycles. The summed E-state index contributed by atoms with van der Waals surface area (Å²) in [5, 5.41) is 11.1. The molecule has 1 rings (SSSR count). The Bertz CT molecular complexity index is 396. The predicted octanol–water partition coefficient (Wildman–Crippen LogP) is 1.80. The molecular formula is C13H23N3O3. The van der Waals surface area contributed by atoms with Gasteiger partial charge in [-0.1, -0.05) is 20.8 Å². The van der Waals surface area contributed by atoms with Crippen molar-refractivity contribution in [1.82, 2.24) is 15.5 Å². The summed E-state index contributed by atoms with van der Waals surface area (Å²) in [6.45, 7) is 9.55. The molecule has 0 saturated carbocycles. The number of carbonyl (C=O) groups is 1. The standard InChI is InChI=1S/C13H23N3O3/c1-5-18-11(17)7-6-8-14-9-10-15-16-12(19-10)13(2,3)4/h14H,5-9H2,1-4H3. The monoisotopic (exact) mass is 269 g/mol. The third kappa shape index (κ3) is 5.83. The molecule has 0 fully saturated rings. The van der Waals surface area contributed by atoms with Crippen molar-refractivity contribution in [3.8, 4) is 0 Å². The highest BCUT2D eigenvalue weighted by molar-refractivity contribution is 5.69. The highest BCUT2D eigenvalue weighted by atomic mass is 16.5. The Hall–Kier alpha value is -1.43. The van der Waals surface area contributed by atoms with Gasteiger partial charge in [-0.2, -0.15) is 0 Å². The van der Waals surface area contributed by atoms with E-state index in [9.17, 15) is 4.79 Å². The van der Waals surface area contributed by atoms with E-state index < -0.39 is 0 Å². The fraction of sp³-hybridized carbons (Fsp3) is 0.769. The van der Waals surface area contributed by atoms with E-state index in [1.807, 2.05) is 20.8 Å². The van der Waals surface area contributed by atoms with Crippen LogP contribution < -0.4 is 5.32 Å². The first-order chi connectivity index (χ1) is 8.93. The van der Waals surface area contributed by atoms with Gasteiger partial charge in [0.1, 0.15) is 0 Å². The minimum absolute atomic E-state index is 0.130. The third-order valence-corrected chi connectivity index (χ3v) is 2.42. The van der Waals surface area contributed by atoms with Crippen LogP contribution >= 0.6 is 0 Å². The van der Waals surface area contributed by atoms with Crippen LogP contribution in [0.15, 0.2) is 4.42 Å². The molecule has 0 unspecified atom stereocenters. The topological polar surface area (TPSA) is 77.2 Å². The van der Waals surface area contributed by atoms with E-state index in [1.54, 1.807) is 6.92 Å². The molecule has 6 heteroatoms. The van der Waals surface area contributed by atoms with Crippen molar-refractivity contribution in [1.29, 1.82) is 0 Å². The first-order valence-corrected chi connectivity index (χ1v) is 6.62. The number of carbonyl (C=O) groups excluding carboxylic acids is 1. The van der Waals surface area contributed by atoms with E-state index in [4.69, 9.17) is 9.15 Å². The molecule has 1 heterocycles. The maximum Gasteiger partial charge on any atom is 0.305 e. The first-order valence-electron chi connectivity index (χ1n) is 6.62. The molecule has 0 spiro atoms. The van der Waals surface area contributed by atoms with Crippen molar-refractivity contribution in [3.63, 3.8) is 0 Å². The zero-order valence-corrected chi connectivity index (χ0v) is 12.2. The summed E-state index contributed by atoms with van der Waals surface area (Å²) in [4.78, 5) is 11.1. The molecule has 0 aliphatic rings. The summed E-state index contributed by atoms with van der Waals surface area (Å²) in [6, 6.07) is 0. The van der Waals surface area contributed by atoms with Crippen LogP contribution in [0.1, 0.15) is 52.3 Å². The van der Waals surface area contributed by atoms with Crippen molar-refractivity contribution in [2.75, 3.05) is 13.2 Å². The number of hydrogen-bond donors (Lipinski definition) is 1. The van der Waals surface area contributed by atoms with Gasteiger partial charge in [0.2, 0.25) is 11.8 Å². The Balaban J connectivity index is 2.20. The van der Waals surface area contributed by atoms with Gasteiger partial charge < -0.3 is 14.5 Å². The van der Waals surface area contributed by atoms with Gasteiger partial charge in [-0.05, 0) is 19.9 Å². The van der Waals surface area contributed by atoms with Gasteiger partial charge in [0.15, 0.2) is 0 Å². The lowest BCUT2D eigenvalue weighted by molar-refractivity contribution is -0.143. The zero-order chi connectivity index (χ0) is 14.3. The Morgan fingerprint density at radius 2 is 2.11 bits per heavy atom. The van der Waals surface area contributed by atoms with Crippen molar-refractivity contribution >= 4 is 5.97 Å². The van der Waals surface area contributed by atoms with Crippen LogP contribution in [0.5, 0.6) is 0 Å². The van der Waals surface area contributed by atoms with E-state index in [1.165, 1.54) is 0 Å². The van der Waals surface area contributed by atoms with Crippen molar-refractivity contribution in [2.24, 2.45) is 0 Å². The third-order valence-electron chi connectivity index (χ3n) is 2.42. The summed E-state index contributed by atoms with van der Waals surface area (Å²) in [7, 11) is 0. The van der Waals surface area contributed by atoms with Gasteiger partial charge >= 0.3 is 5.97 Å². The highest BCUT2D eigenvalue weighted by Crippen LogP contribution is 2.19. The fourth-order valence-electron chi connectivity index (χ4n) is 1.41. The van der Waals surface area contributed by atoms with Crippen LogP contribution in [0.3, 0.4) is 0 Å². The summed E-state index contributed by atoms with van der Waals surface area (Å²) in [6.07, 6.45) is 1.16. The maximum atomic E-state index is 11.1. The minimum Gasteiger partial charge on any atom is -0.466 e. The van der Waals surface area contributed by atoms with Gasteiger partial charge in [0.25, 0.3) is 0 Å². The van der Waals surface area contributed by atoms with Gasteiger partial charge in [0.05, 0.1) is 13.2 Å². The largest absolute Gasteiger partial charge is 0.466 e. The second kappa shape index (κ2) is 7.23. The number of aromatic nitrogens is 2. The van der Waals surface area contributed by atoms with Gasteiger partial charge in [-0.3, -0.25) is 4.79 Å². The molecule has 0 radical (unpaired) electrons. The lowest BCUT2D eigenvalue weighted by atomic mass is 9.97. The highest BCUT2D eigenvalue weighted by Gasteiger charge is 2.21. The number of hydrogen-bond acceptors (Lipinski definition) is 6. The first kappa shape index (κ1) is 15.6. The molecular weight excluding hydrogens is 246 g/mol. The second-order valence-electron chi connectivity index (χ2n) is 5.34. The summed E-state index contributed by atoms with van der Waals surface area (Å²) < 4.78 is 10.4. The van der Waals surface area contributed by atoms with Crippen LogP contribution in [-0.4, -0.2) is 29.3 Å². The average molecular weight is 269 g/mol. The molecule has 0 atom stereocenters. The van der Waals surface area contributed by atoms with Gasteiger partial charge in [-0.15, -0.1) is 10.2 Å². The summed E-state index contributed by atoms with van der Waals surface area (Å²) in [5.74, 6) is 1.05. The van der Waals surface area contributed by atoms with Crippen molar-refractivity contribution in [3.05, 3.63) is 11.8 Å². The molecule has 6 nitrogen and oxygen atoms in total. The maximum absolute atomic E-state index is 11.1. The predicted molar refractivity (Wildman–Crippen MR) is 70.6 cm³/mol.